The van der Waals surface area contributed by atoms with Crippen LogP contribution in [0.5, 0.6) is 0 Å². The van der Waals surface area contributed by atoms with Crippen LogP contribution in [0.3, 0.4) is 0 Å². The van der Waals surface area contributed by atoms with Crippen molar-refractivity contribution < 1.29 is 0 Å². The summed E-state index contributed by atoms with van der Waals surface area (Å²) in [5.41, 5.74) is 0. The van der Waals surface area contributed by atoms with E-state index in [1.807, 2.05) is 4.68 Å². The van der Waals surface area contributed by atoms with Crippen LogP contribution in [0.2, 0.25) is 0 Å². The van der Waals surface area contributed by atoms with Gasteiger partial charge in [0.15, 0.2) is 5.82 Å². The molecule has 1 aromatic rings. The van der Waals surface area contributed by atoms with E-state index < -0.39 is 0 Å². The van der Waals surface area contributed by atoms with E-state index in [-0.39, 0.29) is 0 Å². The van der Waals surface area contributed by atoms with Gasteiger partial charge in [0.05, 0.1) is 12.6 Å². The summed E-state index contributed by atoms with van der Waals surface area (Å²) in [6, 6.07) is 0.397. The third-order valence-electron chi connectivity index (χ3n) is 2.66. The maximum atomic E-state index is 4.06. The van der Waals surface area contributed by atoms with Crippen molar-refractivity contribution >= 4 is 0 Å². The number of nitrogens with zero attached hydrogens (tertiary/aromatic N) is 4. The van der Waals surface area contributed by atoms with Crippen LogP contribution in [0.15, 0.2) is 0 Å². The van der Waals surface area contributed by atoms with Crippen LogP contribution >= 0.6 is 0 Å². The Bertz CT molecular complexity index is 284. The Balaban J connectivity index is 2.48. The molecule has 5 nitrogen and oxygen atoms in total. The molecule has 1 heterocycles. The van der Waals surface area contributed by atoms with Crippen LogP contribution < -0.4 is 5.32 Å². The first kappa shape index (κ1) is 13.1. The molecule has 0 bridgehead atoms. The highest BCUT2D eigenvalue weighted by molar-refractivity contribution is 4.82. The van der Waals surface area contributed by atoms with Crippen molar-refractivity contribution in [2.45, 2.75) is 59.0 Å². The maximum absolute atomic E-state index is 4.06. The Morgan fingerprint density at radius 2 is 2.12 bits per heavy atom. The summed E-state index contributed by atoms with van der Waals surface area (Å²) in [7, 11) is 0. The first-order chi connectivity index (χ1) is 7.79. The molecule has 0 aliphatic heterocycles. The minimum absolute atomic E-state index is 0.397. The molecule has 0 aliphatic carbocycles. The third kappa shape index (κ3) is 3.89. The predicted octanol–water partition coefficient (Wildman–Crippen LogP) is 1.92. The van der Waals surface area contributed by atoms with E-state index >= 15 is 0 Å². The van der Waals surface area contributed by atoms with Gasteiger partial charge in [-0.25, -0.2) is 4.68 Å². The largest absolute Gasteiger partial charge is 0.310 e. The van der Waals surface area contributed by atoms with Crippen molar-refractivity contribution in [3.05, 3.63) is 5.82 Å². The van der Waals surface area contributed by atoms with Crippen molar-refractivity contribution in [1.29, 1.82) is 0 Å². The topological polar surface area (TPSA) is 55.6 Å². The first-order valence-corrected chi connectivity index (χ1v) is 6.27. The molecule has 1 atom stereocenters. The highest BCUT2D eigenvalue weighted by Gasteiger charge is 2.11. The Morgan fingerprint density at radius 1 is 1.31 bits per heavy atom. The van der Waals surface area contributed by atoms with Crippen LogP contribution in [0, 0.1) is 0 Å². The van der Waals surface area contributed by atoms with Crippen molar-refractivity contribution in [3.63, 3.8) is 0 Å². The fourth-order valence-electron chi connectivity index (χ4n) is 1.67. The molecule has 0 saturated carbocycles. The van der Waals surface area contributed by atoms with Crippen LogP contribution in [0.25, 0.3) is 0 Å². The normalized spacial score (nSPS) is 12.9. The van der Waals surface area contributed by atoms with Gasteiger partial charge >= 0.3 is 0 Å². The fourth-order valence-corrected chi connectivity index (χ4v) is 1.67. The van der Waals surface area contributed by atoms with Crippen LogP contribution in [-0.2, 0) is 6.54 Å². The monoisotopic (exact) mass is 225 g/mol. The van der Waals surface area contributed by atoms with Gasteiger partial charge in [0, 0.05) is 0 Å². The standard InChI is InChI=1S/C11H23N5/c1-4-6-7-10(3)16-11(13-14-15-16)9-12-8-5-2/h10,12H,4-9H2,1-3H3. The molecule has 0 fully saturated rings. The molecule has 0 saturated heterocycles. The van der Waals surface area contributed by atoms with E-state index in [4.69, 9.17) is 0 Å². The molecule has 0 aromatic carbocycles. The van der Waals surface area contributed by atoms with Gasteiger partial charge in [-0.05, 0) is 36.7 Å². The van der Waals surface area contributed by atoms with Crippen molar-refractivity contribution in [1.82, 2.24) is 25.5 Å². The highest BCUT2D eigenvalue weighted by Crippen LogP contribution is 2.13. The van der Waals surface area contributed by atoms with E-state index in [1.165, 1.54) is 12.8 Å². The molecule has 1 N–H and O–H groups in total. The summed E-state index contributed by atoms with van der Waals surface area (Å²) in [6.45, 7) is 8.30. The Labute approximate surface area is 97.6 Å². The number of hydrogen-bond donors (Lipinski definition) is 1. The van der Waals surface area contributed by atoms with E-state index in [2.05, 4.69) is 41.6 Å². The molecular weight excluding hydrogens is 202 g/mol. The minimum Gasteiger partial charge on any atom is -0.310 e. The number of aromatic nitrogens is 4. The van der Waals surface area contributed by atoms with Gasteiger partial charge in [-0.15, -0.1) is 5.10 Å². The highest BCUT2D eigenvalue weighted by atomic mass is 15.6. The second kappa shape index (κ2) is 7.33. The zero-order valence-electron chi connectivity index (χ0n) is 10.6. The molecule has 1 rings (SSSR count). The smallest absolute Gasteiger partial charge is 0.165 e. The quantitative estimate of drug-likeness (QED) is 0.687. The zero-order chi connectivity index (χ0) is 11.8. The zero-order valence-corrected chi connectivity index (χ0v) is 10.6. The fraction of sp³-hybridized carbons (Fsp3) is 0.909. The SMILES string of the molecule is CCCCC(C)n1nnnc1CNCCC. The lowest BCUT2D eigenvalue weighted by Crippen LogP contribution is -2.20. The van der Waals surface area contributed by atoms with E-state index in [1.54, 1.807) is 0 Å². The van der Waals surface area contributed by atoms with Crippen molar-refractivity contribution in [2.24, 2.45) is 0 Å². The van der Waals surface area contributed by atoms with Gasteiger partial charge in [-0.3, -0.25) is 0 Å². The lowest BCUT2D eigenvalue weighted by atomic mass is 10.1. The summed E-state index contributed by atoms with van der Waals surface area (Å²) >= 11 is 0. The Morgan fingerprint density at radius 3 is 2.81 bits per heavy atom. The molecule has 92 valence electrons. The van der Waals surface area contributed by atoms with Gasteiger partial charge < -0.3 is 5.32 Å². The Kier molecular flexibility index (Phi) is 6.00. The van der Waals surface area contributed by atoms with Gasteiger partial charge in [0.1, 0.15) is 0 Å². The van der Waals surface area contributed by atoms with Gasteiger partial charge in [0.2, 0.25) is 0 Å². The first-order valence-electron chi connectivity index (χ1n) is 6.27. The summed E-state index contributed by atoms with van der Waals surface area (Å²) < 4.78 is 1.94. The maximum Gasteiger partial charge on any atom is 0.165 e. The lowest BCUT2D eigenvalue weighted by Gasteiger charge is -2.12. The summed E-state index contributed by atoms with van der Waals surface area (Å²) in [5, 5.41) is 15.2. The number of tetrazole rings is 1. The van der Waals surface area contributed by atoms with Crippen LogP contribution in [0.4, 0.5) is 0 Å². The van der Waals surface area contributed by atoms with E-state index in [0.717, 1.165) is 31.8 Å². The average Bonchev–Trinajstić information content (AvgIpc) is 2.74. The van der Waals surface area contributed by atoms with E-state index in [9.17, 15) is 0 Å². The Hall–Kier alpha value is -0.970. The predicted molar refractivity (Wildman–Crippen MR) is 64.1 cm³/mol. The summed E-state index contributed by atoms with van der Waals surface area (Å²) in [5.74, 6) is 0.942. The minimum atomic E-state index is 0.397. The van der Waals surface area contributed by atoms with Crippen LogP contribution in [0.1, 0.15) is 58.3 Å². The molecule has 1 aromatic heterocycles. The average molecular weight is 225 g/mol. The molecule has 1 unspecified atom stereocenters. The molecule has 0 spiro atoms. The molecule has 5 heteroatoms. The summed E-state index contributed by atoms with van der Waals surface area (Å²) in [6.07, 6.45) is 4.72. The molecule has 16 heavy (non-hydrogen) atoms. The molecule has 0 radical (unpaired) electrons. The molecule has 0 amide bonds. The van der Waals surface area contributed by atoms with Gasteiger partial charge in [0.25, 0.3) is 0 Å². The number of nitrogens with one attached hydrogen (secondary N) is 1. The molecular formula is C11H23N5. The molecule has 0 aliphatic rings. The number of unbranched alkanes of at least 4 members (excludes halogenated alkanes) is 1. The lowest BCUT2D eigenvalue weighted by molar-refractivity contribution is 0.414. The van der Waals surface area contributed by atoms with Crippen LogP contribution in [-0.4, -0.2) is 26.8 Å². The third-order valence-corrected chi connectivity index (χ3v) is 2.66. The van der Waals surface area contributed by atoms with Gasteiger partial charge in [-0.2, -0.15) is 0 Å². The second-order valence-corrected chi connectivity index (χ2v) is 4.21. The van der Waals surface area contributed by atoms with E-state index in [0.29, 0.717) is 6.04 Å². The number of hydrogen-bond acceptors (Lipinski definition) is 4. The van der Waals surface area contributed by atoms with Crippen molar-refractivity contribution in [2.75, 3.05) is 6.54 Å². The second-order valence-electron chi connectivity index (χ2n) is 4.21. The van der Waals surface area contributed by atoms with Crippen molar-refractivity contribution in [3.8, 4) is 0 Å². The summed E-state index contributed by atoms with van der Waals surface area (Å²) in [4.78, 5) is 0. The number of rotatable bonds is 8. The van der Waals surface area contributed by atoms with Gasteiger partial charge in [-0.1, -0.05) is 26.7 Å².